The van der Waals surface area contributed by atoms with E-state index in [1.807, 2.05) is 31.2 Å². The molecular weight excluding hydrogens is 478 g/mol. The smallest absolute Gasteiger partial charge is 0.407 e. The highest BCUT2D eigenvalue weighted by atomic mass is 16.6. The molecule has 1 unspecified atom stereocenters. The molecule has 2 aromatic heterocycles. The molecule has 196 valence electrons. The number of benzene rings is 1. The summed E-state index contributed by atoms with van der Waals surface area (Å²) < 4.78 is 4.86. The molecule has 0 fully saturated rings. The minimum atomic E-state index is -0.922. The van der Waals surface area contributed by atoms with Gasteiger partial charge in [-0.25, -0.2) is 9.78 Å². The van der Waals surface area contributed by atoms with Gasteiger partial charge in [0, 0.05) is 44.0 Å². The Morgan fingerprint density at radius 2 is 1.89 bits per heavy atom. The molecule has 0 aliphatic heterocycles. The monoisotopic (exact) mass is 509 g/mol. The molecule has 37 heavy (non-hydrogen) atoms. The van der Waals surface area contributed by atoms with Gasteiger partial charge in [0.25, 0.3) is 11.8 Å². The van der Waals surface area contributed by atoms with Gasteiger partial charge in [0.05, 0.1) is 11.7 Å². The van der Waals surface area contributed by atoms with E-state index >= 15 is 0 Å². The second-order valence-corrected chi connectivity index (χ2v) is 8.01. The summed E-state index contributed by atoms with van der Waals surface area (Å²) >= 11 is 0. The average molecular weight is 510 g/mol. The zero-order chi connectivity index (χ0) is 26.6. The second kappa shape index (κ2) is 13.5. The molecule has 3 amide bonds. The van der Waals surface area contributed by atoms with E-state index in [1.54, 1.807) is 6.20 Å². The van der Waals surface area contributed by atoms with Crippen LogP contribution in [0.2, 0.25) is 0 Å². The SMILES string of the molecule is CCCNc1nc(Nc2ccc3nnccc3c2)ncc1C(=O)NCCCNC(=O)C(C)OC(=O)NC. The van der Waals surface area contributed by atoms with Crippen LogP contribution >= 0.6 is 0 Å². The lowest BCUT2D eigenvalue weighted by Gasteiger charge is -2.14. The van der Waals surface area contributed by atoms with Gasteiger partial charge in [0.1, 0.15) is 11.4 Å². The number of fused-ring (bicyclic) bond motifs is 1. The van der Waals surface area contributed by atoms with Crippen LogP contribution in [-0.2, 0) is 9.53 Å². The predicted molar refractivity (Wildman–Crippen MR) is 139 cm³/mol. The van der Waals surface area contributed by atoms with E-state index in [1.165, 1.54) is 20.2 Å². The van der Waals surface area contributed by atoms with E-state index in [0.29, 0.717) is 43.4 Å². The van der Waals surface area contributed by atoms with Crippen molar-refractivity contribution >= 4 is 46.3 Å². The van der Waals surface area contributed by atoms with Gasteiger partial charge >= 0.3 is 6.09 Å². The number of alkyl carbamates (subject to hydrolysis) is 1. The standard InChI is InChI=1S/C24H31N9O4/c1-4-9-26-20-18(22(35)28-11-5-10-27-21(34)15(2)37-24(36)25-3)14-29-23(32-20)31-17-6-7-19-16(13-17)8-12-30-33-19/h6-8,12-15H,4-5,9-11H2,1-3H3,(H,25,36)(H,27,34)(H,28,35)(H2,26,29,31,32). The fraction of sp³-hybridized carbons (Fsp3) is 0.375. The zero-order valence-corrected chi connectivity index (χ0v) is 21.0. The van der Waals surface area contributed by atoms with Gasteiger partial charge < -0.3 is 31.3 Å². The van der Waals surface area contributed by atoms with Crippen LogP contribution in [0.3, 0.4) is 0 Å². The lowest BCUT2D eigenvalue weighted by atomic mass is 10.2. The summed E-state index contributed by atoms with van der Waals surface area (Å²) in [6.45, 7) is 4.74. The molecule has 0 saturated heterocycles. The van der Waals surface area contributed by atoms with E-state index in [-0.39, 0.29) is 5.91 Å². The van der Waals surface area contributed by atoms with Crippen molar-refractivity contribution in [2.45, 2.75) is 32.8 Å². The van der Waals surface area contributed by atoms with Crippen molar-refractivity contribution < 1.29 is 19.1 Å². The fourth-order valence-corrected chi connectivity index (χ4v) is 3.20. The molecule has 0 spiro atoms. The Morgan fingerprint density at radius 1 is 1.08 bits per heavy atom. The summed E-state index contributed by atoms with van der Waals surface area (Å²) in [5.41, 5.74) is 1.86. The summed E-state index contributed by atoms with van der Waals surface area (Å²) in [6.07, 6.45) is 2.82. The number of hydrogen-bond acceptors (Lipinski definition) is 10. The molecule has 13 heteroatoms. The molecule has 1 atom stereocenters. The van der Waals surface area contributed by atoms with Gasteiger partial charge in [-0.2, -0.15) is 15.2 Å². The summed E-state index contributed by atoms with van der Waals surface area (Å²) in [4.78, 5) is 44.7. The van der Waals surface area contributed by atoms with Crippen LogP contribution in [0.4, 0.5) is 22.2 Å². The number of hydrogen-bond donors (Lipinski definition) is 5. The number of aromatic nitrogens is 4. The summed E-state index contributed by atoms with van der Waals surface area (Å²) in [5, 5.41) is 22.9. The number of ether oxygens (including phenoxy) is 1. The number of carbonyl (C=O) groups excluding carboxylic acids is 3. The molecular formula is C24H31N9O4. The third kappa shape index (κ3) is 7.98. The molecule has 0 aliphatic rings. The number of rotatable bonds is 12. The predicted octanol–water partition coefficient (Wildman–Crippen LogP) is 1.97. The van der Waals surface area contributed by atoms with Crippen molar-refractivity contribution in [3.8, 4) is 0 Å². The van der Waals surface area contributed by atoms with E-state index in [9.17, 15) is 14.4 Å². The molecule has 0 aliphatic carbocycles. The van der Waals surface area contributed by atoms with Crippen LogP contribution in [-0.4, -0.2) is 70.9 Å². The highest BCUT2D eigenvalue weighted by Crippen LogP contribution is 2.21. The van der Waals surface area contributed by atoms with Crippen molar-refractivity contribution in [3.63, 3.8) is 0 Å². The van der Waals surface area contributed by atoms with Crippen LogP contribution in [0.5, 0.6) is 0 Å². The summed E-state index contributed by atoms with van der Waals surface area (Å²) in [5.74, 6) is -0.00167. The number of carbonyl (C=O) groups is 3. The Hall–Kier alpha value is -4.55. The third-order valence-electron chi connectivity index (χ3n) is 5.14. The first-order chi connectivity index (χ1) is 17.9. The van der Waals surface area contributed by atoms with Crippen molar-refractivity contribution in [1.82, 2.24) is 36.1 Å². The van der Waals surface area contributed by atoms with Crippen molar-refractivity contribution in [2.75, 3.05) is 37.3 Å². The molecule has 3 aromatic rings. The Labute approximate surface area is 214 Å². The Kier molecular flexibility index (Phi) is 9.88. The molecule has 0 radical (unpaired) electrons. The normalized spacial score (nSPS) is 11.3. The van der Waals surface area contributed by atoms with Gasteiger partial charge in [-0.15, -0.1) is 0 Å². The van der Waals surface area contributed by atoms with E-state index in [0.717, 1.165) is 23.0 Å². The number of nitrogens with zero attached hydrogens (tertiary/aromatic N) is 4. The lowest BCUT2D eigenvalue weighted by molar-refractivity contribution is -0.128. The van der Waals surface area contributed by atoms with Crippen molar-refractivity contribution in [3.05, 3.63) is 42.2 Å². The highest BCUT2D eigenvalue weighted by molar-refractivity contribution is 5.98. The summed E-state index contributed by atoms with van der Waals surface area (Å²) in [7, 11) is 1.41. The second-order valence-electron chi connectivity index (χ2n) is 8.01. The topological polar surface area (TPSA) is 172 Å². The average Bonchev–Trinajstić information content (AvgIpc) is 2.91. The lowest BCUT2D eigenvalue weighted by Crippen LogP contribution is -2.39. The Morgan fingerprint density at radius 3 is 2.68 bits per heavy atom. The van der Waals surface area contributed by atoms with Gasteiger partial charge in [-0.05, 0) is 44.0 Å². The van der Waals surface area contributed by atoms with Gasteiger partial charge in [0.2, 0.25) is 5.95 Å². The highest BCUT2D eigenvalue weighted by Gasteiger charge is 2.17. The van der Waals surface area contributed by atoms with Gasteiger partial charge in [-0.3, -0.25) is 9.59 Å². The number of anilines is 3. The Balaban J connectivity index is 1.56. The zero-order valence-electron chi connectivity index (χ0n) is 21.0. The van der Waals surface area contributed by atoms with Gasteiger partial charge in [0.15, 0.2) is 6.10 Å². The largest absolute Gasteiger partial charge is 0.436 e. The maximum atomic E-state index is 12.8. The van der Waals surface area contributed by atoms with E-state index in [4.69, 9.17) is 4.74 Å². The molecule has 1 aromatic carbocycles. The molecule has 13 nitrogen and oxygen atoms in total. The van der Waals surface area contributed by atoms with Crippen LogP contribution < -0.4 is 26.6 Å². The first-order valence-corrected chi connectivity index (χ1v) is 11.9. The first-order valence-electron chi connectivity index (χ1n) is 11.9. The van der Waals surface area contributed by atoms with Crippen LogP contribution in [0.1, 0.15) is 37.0 Å². The Bertz CT molecular complexity index is 1240. The van der Waals surface area contributed by atoms with E-state index < -0.39 is 18.1 Å². The van der Waals surface area contributed by atoms with Crippen molar-refractivity contribution in [2.24, 2.45) is 0 Å². The molecule has 0 saturated carbocycles. The maximum Gasteiger partial charge on any atom is 0.407 e. The minimum absolute atomic E-state index is 0.304. The number of nitrogens with one attached hydrogen (secondary N) is 5. The maximum absolute atomic E-state index is 12.8. The molecule has 0 bridgehead atoms. The van der Waals surface area contributed by atoms with Crippen LogP contribution in [0, 0.1) is 0 Å². The molecule has 3 rings (SSSR count). The first kappa shape index (κ1) is 27.0. The number of amides is 3. The minimum Gasteiger partial charge on any atom is -0.436 e. The van der Waals surface area contributed by atoms with Crippen molar-refractivity contribution in [1.29, 1.82) is 0 Å². The quantitative estimate of drug-likeness (QED) is 0.227. The van der Waals surface area contributed by atoms with Crippen LogP contribution in [0.15, 0.2) is 36.7 Å². The molecule has 5 N–H and O–H groups in total. The van der Waals surface area contributed by atoms with Gasteiger partial charge in [-0.1, -0.05) is 6.92 Å². The molecule has 2 heterocycles. The van der Waals surface area contributed by atoms with Crippen LogP contribution in [0.25, 0.3) is 10.9 Å². The summed E-state index contributed by atoms with van der Waals surface area (Å²) in [6, 6.07) is 7.48. The third-order valence-corrected chi connectivity index (χ3v) is 5.14. The van der Waals surface area contributed by atoms with E-state index in [2.05, 4.69) is 46.7 Å². The fourth-order valence-electron chi connectivity index (χ4n) is 3.20.